The highest BCUT2D eigenvalue weighted by atomic mass is 35.5. The van der Waals surface area contributed by atoms with Gasteiger partial charge in [-0.05, 0) is 25.1 Å². The molecule has 21 heavy (non-hydrogen) atoms. The molecule has 0 radical (unpaired) electrons. The lowest BCUT2D eigenvalue weighted by Crippen LogP contribution is -2.50. The number of nitrogens with one attached hydrogen (secondary N) is 2. The quantitative estimate of drug-likeness (QED) is 0.797. The van der Waals surface area contributed by atoms with Crippen molar-refractivity contribution < 1.29 is 23.8 Å². The van der Waals surface area contributed by atoms with Crippen molar-refractivity contribution in [2.24, 2.45) is 5.41 Å². The predicted octanol–water partition coefficient (Wildman–Crippen LogP) is 2.09. The van der Waals surface area contributed by atoms with Crippen LogP contribution in [0.25, 0.3) is 0 Å². The molecule has 0 spiro atoms. The maximum Gasteiger partial charge on any atom is 0.319 e. The van der Waals surface area contributed by atoms with Gasteiger partial charge in [0.1, 0.15) is 11.2 Å². The van der Waals surface area contributed by atoms with Crippen LogP contribution in [0.2, 0.25) is 5.02 Å². The van der Waals surface area contributed by atoms with E-state index in [1.807, 2.05) is 0 Å². The van der Waals surface area contributed by atoms with Crippen LogP contribution >= 0.6 is 11.6 Å². The highest BCUT2D eigenvalue weighted by Crippen LogP contribution is 2.28. The van der Waals surface area contributed by atoms with Gasteiger partial charge in [-0.2, -0.15) is 0 Å². The van der Waals surface area contributed by atoms with Crippen molar-refractivity contribution >= 4 is 29.3 Å². The zero-order valence-electron chi connectivity index (χ0n) is 11.2. The van der Waals surface area contributed by atoms with E-state index in [0.717, 1.165) is 6.07 Å². The molecule has 2 rings (SSSR count). The summed E-state index contributed by atoms with van der Waals surface area (Å²) in [6.45, 7) is 1.64. The summed E-state index contributed by atoms with van der Waals surface area (Å²) in [7, 11) is 0. The molecule has 1 aliphatic rings. The van der Waals surface area contributed by atoms with E-state index in [2.05, 4.69) is 10.6 Å². The third kappa shape index (κ3) is 3.25. The fourth-order valence-corrected chi connectivity index (χ4v) is 2.16. The summed E-state index contributed by atoms with van der Waals surface area (Å²) in [6, 6.07) is 2.46. The Kier molecular flexibility index (Phi) is 4.34. The van der Waals surface area contributed by atoms with Crippen molar-refractivity contribution in [3.63, 3.8) is 0 Å². The van der Waals surface area contributed by atoms with Gasteiger partial charge in [-0.25, -0.2) is 9.18 Å². The molecular formula is C13H14ClFN2O4. The SMILES string of the molecule is CC1(C(=O)O)COCC1NC(=O)Nc1ccc(F)c(Cl)c1. The molecule has 0 aliphatic carbocycles. The van der Waals surface area contributed by atoms with Gasteiger partial charge in [-0.3, -0.25) is 4.79 Å². The molecule has 114 valence electrons. The highest BCUT2D eigenvalue weighted by molar-refractivity contribution is 6.31. The topological polar surface area (TPSA) is 87.7 Å². The lowest BCUT2D eigenvalue weighted by molar-refractivity contribution is -0.148. The number of carbonyl (C=O) groups excluding carboxylic acids is 1. The number of anilines is 1. The second kappa shape index (κ2) is 5.87. The second-order valence-electron chi connectivity index (χ2n) is 5.02. The zero-order valence-corrected chi connectivity index (χ0v) is 11.9. The van der Waals surface area contributed by atoms with Gasteiger partial charge in [0.15, 0.2) is 0 Å². The molecular weight excluding hydrogens is 303 g/mol. The first-order chi connectivity index (χ1) is 9.83. The third-order valence-electron chi connectivity index (χ3n) is 3.43. The molecule has 1 fully saturated rings. The molecule has 2 amide bonds. The molecule has 0 aromatic heterocycles. The Labute approximate surface area is 125 Å². The van der Waals surface area contributed by atoms with Crippen molar-refractivity contribution in [3.05, 3.63) is 29.0 Å². The second-order valence-corrected chi connectivity index (χ2v) is 5.42. The molecule has 2 unspecified atom stereocenters. The van der Waals surface area contributed by atoms with Gasteiger partial charge >= 0.3 is 12.0 Å². The van der Waals surface area contributed by atoms with Crippen LogP contribution < -0.4 is 10.6 Å². The van der Waals surface area contributed by atoms with E-state index in [-0.39, 0.29) is 18.2 Å². The minimum Gasteiger partial charge on any atom is -0.481 e. The molecule has 8 heteroatoms. The fraction of sp³-hybridized carbons (Fsp3) is 0.385. The molecule has 6 nitrogen and oxygen atoms in total. The number of amides is 2. The van der Waals surface area contributed by atoms with Crippen LogP contribution in [0.15, 0.2) is 18.2 Å². The average molecular weight is 317 g/mol. The van der Waals surface area contributed by atoms with E-state index >= 15 is 0 Å². The highest BCUT2D eigenvalue weighted by Gasteiger charge is 2.47. The molecule has 1 heterocycles. The molecule has 3 N–H and O–H groups in total. The summed E-state index contributed by atoms with van der Waals surface area (Å²) in [5, 5.41) is 14.1. The Hall–Kier alpha value is -1.86. The van der Waals surface area contributed by atoms with Crippen LogP contribution in [-0.2, 0) is 9.53 Å². The maximum absolute atomic E-state index is 13.0. The Morgan fingerprint density at radius 3 is 2.86 bits per heavy atom. The Balaban J connectivity index is 2.01. The smallest absolute Gasteiger partial charge is 0.319 e. The van der Waals surface area contributed by atoms with Crippen molar-refractivity contribution in [2.75, 3.05) is 18.5 Å². The average Bonchev–Trinajstić information content (AvgIpc) is 2.77. The summed E-state index contributed by atoms with van der Waals surface area (Å²) in [6.07, 6.45) is 0. The van der Waals surface area contributed by atoms with E-state index in [1.54, 1.807) is 0 Å². The van der Waals surface area contributed by atoms with Crippen LogP contribution in [0.3, 0.4) is 0 Å². The monoisotopic (exact) mass is 316 g/mol. The molecule has 1 saturated heterocycles. The first kappa shape index (κ1) is 15.5. The van der Waals surface area contributed by atoms with Crippen LogP contribution in [0.1, 0.15) is 6.92 Å². The van der Waals surface area contributed by atoms with Gasteiger partial charge in [-0.1, -0.05) is 11.6 Å². The predicted molar refractivity (Wildman–Crippen MR) is 73.9 cm³/mol. The zero-order chi connectivity index (χ0) is 15.6. The lowest BCUT2D eigenvalue weighted by Gasteiger charge is -2.25. The van der Waals surface area contributed by atoms with Crippen LogP contribution in [0, 0.1) is 11.2 Å². The Bertz CT molecular complexity index is 583. The normalized spacial score (nSPS) is 24.6. The number of carbonyl (C=O) groups is 2. The fourth-order valence-electron chi connectivity index (χ4n) is 1.98. The summed E-state index contributed by atoms with van der Waals surface area (Å²) in [5.74, 6) is -1.64. The Morgan fingerprint density at radius 2 is 2.24 bits per heavy atom. The minimum absolute atomic E-state index is 0.0235. The van der Waals surface area contributed by atoms with Gasteiger partial charge < -0.3 is 20.5 Å². The molecule has 0 bridgehead atoms. The van der Waals surface area contributed by atoms with Crippen molar-refractivity contribution in [3.8, 4) is 0 Å². The number of ether oxygens (including phenoxy) is 1. The van der Waals surface area contributed by atoms with Gasteiger partial charge in [0.25, 0.3) is 0 Å². The standard InChI is InChI=1S/C13H14ClFN2O4/c1-13(11(18)19)6-21-5-10(13)17-12(20)16-7-2-3-9(15)8(14)4-7/h2-4,10H,5-6H2,1H3,(H,18,19)(H2,16,17,20). The molecule has 1 aromatic rings. The third-order valence-corrected chi connectivity index (χ3v) is 3.72. The first-order valence-electron chi connectivity index (χ1n) is 6.16. The summed E-state index contributed by atoms with van der Waals surface area (Å²) in [5.41, 5.74) is -0.882. The number of hydrogen-bond donors (Lipinski definition) is 3. The van der Waals surface area contributed by atoms with Crippen molar-refractivity contribution in [1.29, 1.82) is 0 Å². The maximum atomic E-state index is 13.0. The molecule has 1 aromatic carbocycles. The summed E-state index contributed by atoms with van der Waals surface area (Å²) in [4.78, 5) is 23.1. The van der Waals surface area contributed by atoms with E-state index in [9.17, 15) is 19.1 Å². The van der Waals surface area contributed by atoms with Crippen molar-refractivity contribution in [2.45, 2.75) is 13.0 Å². The van der Waals surface area contributed by atoms with Crippen LogP contribution in [0.5, 0.6) is 0 Å². The van der Waals surface area contributed by atoms with Crippen molar-refractivity contribution in [1.82, 2.24) is 5.32 Å². The van der Waals surface area contributed by atoms with E-state index in [4.69, 9.17) is 16.3 Å². The number of benzene rings is 1. The van der Waals surface area contributed by atoms with E-state index in [0.29, 0.717) is 5.69 Å². The van der Waals surface area contributed by atoms with Crippen LogP contribution in [0.4, 0.5) is 14.9 Å². The summed E-state index contributed by atoms with van der Waals surface area (Å²) < 4.78 is 18.1. The largest absolute Gasteiger partial charge is 0.481 e. The number of halogens is 2. The summed E-state index contributed by atoms with van der Waals surface area (Å²) >= 11 is 5.61. The minimum atomic E-state index is -1.18. The molecule has 1 aliphatic heterocycles. The van der Waals surface area contributed by atoms with Gasteiger partial charge in [-0.15, -0.1) is 0 Å². The number of carboxylic acids is 1. The lowest BCUT2D eigenvalue weighted by atomic mass is 9.85. The van der Waals surface area contributed by atoms with Crippen LogP contribution in [-0.4, -0.2) is 36.4 Å². The van der Waals surface area contributed by atoms with Gasteiger partial charge in [0.2, 0.25) is 0 Å². The number of carboxylic acid groups (broad SMARTS) is 1. The van der Waals surface area contributed by atoms with Gasteiger partial charge in [0.05, 0.1) is 24.3 Å². The molecule has 0 saturated carbocycles. The number of urea groups is 1. The number of aliphatic carboxylic acids is 1. The van der Waals surface area contributed by atoms with E-state index < -0.39 is 29.3 Å². The van der Waals surface area contributed by atoms with Gasteiger partial charge in [0, 0.05) is 5.69 Å². The number of rotatable bonds is 3. The number of hydrogen-bond acceptors (Lipinski definition) is 3. The van der Waals surface area contributed by atoms with E-state index in [1.165, 1.54) is 19.1 Å². The molecule has 2 atom stereocenters. The Morgan fingerprint density at radius 1 is 1.52 bits per heavy atom. The first-order valence-corrected chi connectivity index (χ1v) is 6.54.